The lowest BCUT2D eigenvalue weighted by molar-refractivity contribution is 0.477. The number of hydrogen-bond donors (Lipinski definition) is 2. The molecule has 1 aliphatic rings. The van der Waals surface area contributed by atoms with Gasteiger partial charge in [-0.05, 0) is 61.7 Å². The van der Waals surface area contributed by atoms with E-state index in [1.54, 1.807) is 48.7 Å². The molecule has 0 unspecified atom stereocenters. The molecule has 214 valence electrons. The summed E-state index contributed by atoms with van der Waals surface area (Å²) in [6.45, 7) is 2.87. The molecule has 5 aromatic rings. The van der Waals surface area contributed by atoms with E-state index < -0.39 is 16.1 Å². The molecule has 0 saturated carbocycles. The van der Waals surface area contributed by atoms with Crippen molar-refractivity contribution in [3.8, 4) is 16.8 Å². The Balaban J connectivity index is 1.44. The summed E-state index contributed by atoms with van der Waals surface area (Å²) in [5.41, 5.74) is 7.92. The summed E-state index contributed by atoms with van der Waals surface area (Å²) in [7, 11) is -3.63. The average molecular weight is 602 g/mol. The average Bonchev–Trinajstić information content (AvgIpc) is 3.54. The van der Waals surface area contributed by atoms with Crippen LogP contribution in [0.1, 0.15) is 31.6 Å². The summed E-state index contributed by atoms with van der Waals surface area (Å²) >= 11 is 6.43. The number of aromatic nitrogens is 4. The van der Waals surface area contributed by atoms with Crippen molar-refractivity contribution >= 4 is 44.3 Å². The highest BCUT2D eigenvalue weighted by molar-refractivity contribution is 7.89. The molecule has 10 nitrogen and oxygen atoms in total. The molecule has 1 fully saturated rings. The second-order valence-corrected chi connectivity index (χ2v) is 12.4. The van der Waals surface area contributed by atoms with E-state index in [9.17, 15) is 13.2 Å². The highest BCUT2D eigenvalue weighted by Crippen LogP contribution is 2.32. The maximum Gasteiger partial charge on any atom is 0.267 e. The Labute approximate surface area is 247 Å². The molecule has 2 aromatic heterocycles. The molecule has 0 spiro atoms. The first-order chi connectivity index (χ1) is 20.2. The van der Waals surface area contributed by atoms with E-state index in [1.165, 1.54) is 8.87 Å². The minimum absolute atomic E-state index is 0.0352. The molecule has 12 heteroatoms. The van der Waals surface area contributed by atoms with Crippen LogP contribution in [-0.2, 0) is 10.0 Å². The van der Waals surface area contributed by atoms with Crippen LogP contribution in [0.3, 0.4) is 0 Å². The number of benzene rings is 3. The van der Waals surface area contributed by atoms with Crippen molar-refractivity contribution in [3.63, 3.8) is 0 Å². The largest absolute Gasteiger partial charge is 0.368 e. The van der Waals surface area contributed by atoms with Gasteiger partial charge in [0.25, 0.3) is 5.56 Å². The topological polar surface area (TPSA) is 136 Å². The van der Waals surface area contributed by atoms with E-state index in [0.717, 1.165) is 12.8 Å². The Morgan fingerprint density at radius 2 is 1.71 bits per heavy atom. The number of nitrogens with two attached hydrogens (primary N) is 1. The van der Waals surface area contributed by atoms with Crippen LogP contribution in [0.15, 0.2) is 88.7 Å². The lowest BCUT2D eigenvalue weighted by Crippen LogP contribution is -2.28. The Kier molecular flexibility index (Phi) is 7.40. The lowest BCUT2D eigenvalue weighted by atomic mass is 10.1. The van der Waals surface area contributed by atoms with Gasteiger partial charge in [-0.3, -0.25) is 9.36 Å². The van der Waals surface area contributed by atoms with Gasteiger partial charge in [0, 0.05) is 24.8 Å². The molecule has 3 N–H and O–H groups in total. The number of nitrogens with zero attached hydrogens (tertiary/aromatic N) is 5. The first kappa shape index (κ1) is 27.8. The second kappa shape index (κ2) is 11.2. The number of nitrogen functional groups attached to an aromatic ring is 1. The molecule has 0 aliphatic carbocycles. The monoisotopic (exact) mass is 601 g/mol. The predicted octanol–water partition coefficient (Wildman–Crippen LogP) is 5.04. The van der Waals surface area contributed by atoms with Crippen LogP contribution in [0.2, 0.25) is 5.02 Å². The summed E-state index contributed by atoms with van der Waals surface area (Å²) in [5.74, 6) is 0.827. The molecule has 1 atom stereocenters. The highest BCUT2D eigenvalue weighted by atomic mass is 35.5. The van der Waals surface area contributed by atoms with Gasteiger partial charge in [0.2, 0.25) is 16.0 Å². The Morgan fingerprint density at radius 3 is 2.48 bits per heavy atom. The number of sulfonamides is 1. The number of para-hydroxylation sites is 1. The first-order valence-electron chi connectivity index (χ1n) is 13.5. The summed E-state index contributed by atoms with van der Waals surface area (Å²) in [6, 6.07) is 20.5. The van der Waals surface area contributed by atoms with E-state index in [2.05, 4.69) is 15.3 Å². The van der Waals surface area contributed by atoms with E-state index in [0.29, 0.717) is 57.5 Å². The fraction of sp³-hybridized carbons (Fsp3) is 0.200. The molecule has 1 saturated heterocycles. The minimum atomic E-state index is -3.63. The Hall–Kier alpha value is -4.32. The number of nitrogens with one attached hydrogen (secondary N) is 1. The van der Waals surface area contributed by atoms with Gasteiger partial charge in [0.05, 0.1) is 32.6 Å². The van der Waals surface area contributed by atoms with Crippen LogP contribution >= 0.6 is 11.6 Å². The minimum Gasteiger partial charge on any atom is -0.368 e. The van der Waals surface area contributed by atoms with Crippen molar-refractivity contribution in [1.82, 2.24) is 23.8 Å². The smallest absolute Gasteiger partial charge is 0.267 e. The van der Waals surface area contributed by atoms with Crippen LogP contribution in [0.4, 0.5) is 11.8 Å². The van der Waals surface area contributed by atoms with E-state index in [1.807, 2.05) is 37.3 Å². The van der Waals surface area contributed by atoms with Crippen molar-refractivity contribution in [2.45, 2.75) is 30.7 Å². The zero-order chi connectivity index (χ0) is 29.4. The van der Waals surface area contributed by atoms with Crippen molar-refractivity contribution in [2.75, 3.05) is 24.1 Å². The fourth-order valence-electron chi connectivity index (χ4n) is 5.21. The van der Waals surface area contributed by atoms with Gasteiger partial charge in [0.1, 0.15) is 11.6 Å². The maximum atomic E-state index is 13.8. The van der Waals surface area contributed by atoms with Crippen molar-refractivity contribution < 1.29 is 8.42 Å². The third kappa shape index (κ3) is 5.11. The molecular formula is C30H28ClN7O3S. The van der Waals surface area contributed by atoms with Gasteiger partial charge >= 0.3 is 0 Å². The Bertz CT molecular complexity index is 1960. The summed E-state index contributed by atoms with van der Waals surface area (Å²) < 4.78 is 29.6. The molecule has 1 aliphatic heterocycles. The fourth-order valence-corrected chi connectivity index (χ4v) is 7.03. The summed E-state index contributed by atoms with van der Waals surface area (Å²) in [4.78, 5) is 27.5. The second-order valence-electron chi connectivity index (χ2n) is 10.1. The third-order valence-corrected chi connectivity index (χ3v) is 9.49. The number of anilines is 2. The lowest BCUT2D eigenvalue weighted by Gasteiger charge is -2.22. The SMILES string of the molecule is C[C@@H](Nc1nc(N)ncc1-c1cccc(S(=O)(=O)N2CCCC2)c1)c1nc2cccc(Cl)c2c(=O)n1-c1ccccc1. The van der Waals surface area contributed by atoms with Crippen LogP contribution in [0, 0.1) is 0 Å². The standard InChI is InChI=1S/C30H28ClN7O3S/c1-19(28-35-25-14-8-13-24(31)26(25)29(39)38(28)21-10-3-2-4-11-21)34-27-23(18-33-30(32)36-27)20-9-7-12-22(17-20)42(40,41)37-15-5-6-16-37/h2-4,7-14,17-19H,5-6,15-16H2,1H3,(H3,32,33,34,36)/t19-/m1/s1. The van der Waals surface area contributed by atoms with Gasteiger partial charge in [-0.15, -0.1) is 0 Å². The number of rotatable bonds is 7. The van der Waals surface area contributed by atoms with Gasteiger partial charge in [-0.25, -0.2) is 18.4 Å². The molecule has 0 bridgehead atoms. The number of fused-ring (bicyclic) bond motifs is 1. The third-order valence-electron chi connectivity index (χ3n) is 7.28. The quantitative estimate of drug-likeness (QED) is 0.265. The molecule has 0 amide bonds. The zero-order valence-corrected chi connectivity index (χ0v) is 24.3. The highest BCUT2D eigenvalue weighted by Gasteiger charge is 2.28. The molecule has 0 radical (unpaired) electrons. The van der Waals surface area contributed by atoms with Gasteiger partial charge in [-0.1, -0.05) is 48.0 Å². The number of hydrogen-bond acceptors (Lipinski definition) is 8. The molecule has 6 rings (SSSR count). The molecule has 3 heterocycles. The van der Waals surface area contributed by atoms with Crippen LogP contribution < -0.4 is 16.6 Å². The predicted molar refractivity (Wildman–Crippen MR) is 164 cm³/mol. The Morgan fingerprint density at radius 1 is 0.976 bits per heavy atom. The molecule has 3 aromatic carbocycles. The molecular weight excluding hydrogens is 574 g/mol. The van der Waals surface area contributed by atoms with Crippen molar-refractivity contribution in [2.24, 2.45) is 0 Å². The van der Waals surface area contributed by atoms with Crippen LogP contribution in [-0.4, -0.2) is 45.3 Å². The molecule has 42 heavy (non-hydrogen) atoms. The zero-order valence-electron chi connectivity index (χ0n) is 22.7. The van der Waals surface area contributed by atoms with Crippen LogP contribution in [0.25, 0.3) is 27.7 Å². The van der Waals surface area contributed by atoms with Gasteiger partial charge < -0.3 is 11.1 Å². The maximum absolute atomic E-state index is 13.8. The number of halogens is 1. The normalized spacial score (nSPS) is 14.7. The van der Waals surface area contributed by atoms with E-state index in [-0.39, 0.29) is 16.4 Å². The van der Waals surface area contributed by atoms with E-state index in [4.69, 9.17) is 22.3 Å². The first-order valence-corrected chi connectivity index (χ1v) is 15.3. The summed E-state index contributed by atoms with van der Waals surface area (Å²) in [5, 5.41) is 3.99. The van der Waals surface area contributed by atoms with Crippen molar-refractivity contribution in [1.29, 1.82) is 0 Å². The summed E-state index contributed by atoms with van der Waals surface area (Å²) in [6.07, 6.45) is 3.25. The van der Waals surface area contributed by atoms with Gasteiger partial charge in [-0.2, -0.15) is 9.29 Å². The van der Waals surface area contributed by atoms with E-state index >= 15 is 0 Å². The van der Waals surface area contributed by atoms with Crippen molar-refractivity contribution in [3.05, 3.63) is 100 Å². The van der Waals surface area contributed by atoms with Gasteiger partial charge in [0.15, 0.2) is 0 Å². The van der Waals surface area contributed by atoms with Crippen LogP contribution in [0.5, 0.6) is 0 Å².